The molecule has 3 N–H and O–H groups in total. The van der Waals surface area contributed by atoms with Crippen molar-refractivity contribution in [1.82, 2.24) is 15.1 Å². The molecule has 0 aliphatic heterocycles. The van der Waals surface area contributed by atoms with Crippen LogP contribution < -0.4 is 11.1 Å². The van der Waals surface area contributed by atoms with Gasteiger partial charge in [0.05, 0.1) is 0 Å². The van der Waals surface area contributed by atoms with Gasteiger partial charge in [0.2, 0.25) is 5.91 Å². The van der Waals surface area contributed by atoms with Gasteiger partial charge in [-0.3, -0.25) is 4.79 Å². The van der Waals surface area contributed by atoms with Crippen molar-refractivity contribution in [3.05, 3.63) is 35.9 Å². The fourth-order valence-electron chi connectivity index (χ4n) is 2.24. The van der Waals surface area contributed by atoms with Gasteiger partial charge in [-0.15, -0.1) is 0 Å². The van der Waals surface area contributed by atoms with Crippen LogP contribution in [0.15, 0.2) is 30.3 Å². The quantitative estimate of drug-likeness (QED) is 0.707. The minimum Gasteiger partial charge on any atom is -0.368 e. The Balaban J connectivity index is 2.93. The van der Waals surface area contributed by atoms with Gasteiger partial charge in [-0.05, 0) is 33.8 Å². The van der Waals surface area contributed by atoms with Crippen molar-refractivity contribution in [2.75, 3.05) is 47.8 Å². The van der Waals surface area contributed by atoms with Crippen LogP contribution in [-0.4, -0.2) is 63.5 Å². The maximum absolute atomic E-state index is 12.0. The van der Waals surface area contributed by atoms with E-state index in [0.717, 1.165) is 18.7 Å². The molecule has 112 valence electrons. The van der Waals surface area contributed by atoms with Gasteiger partial charge in [0.15, 0.2) is 0 Å². The molecule has 1 amide bonds. The third-order valence-corrected chi connectivity index (χ3v) is 3.55. The lowest BCUT2D eigenvalue weighted by Crippen LogP contribution is -2.57. The van der Waals surface area contributed by atoms with E-state index in [9.17, 15) is 4.79 Å². The number of nitrogens with zero attached hydrogens (tertiary/aromatic N) is 2. The molecule has 20 heavy (non-hydrogen) atoms. The van der Waals surface area contributed by atoms with Crippen LogP contribution in [-0.2, 0) is 10.3 Å². The first-order chi connectivity index (χ1) is 9.42. The van der Waals surface area contributed by atoms with Crippen molar-refractivity contribution in [2.45, 2.75) is 5.54 Å². The highest BCUT2D eigenvalue weighted by molar-refractivity contribution is 5.86. The number of hydrogen-bond acceptors (Lipinski definition) is 4. The minimum absolute atomic E-state index is 0.358. The Hall–Kier alpha value is -1.43. The van der Waals surface area contributed by atoms with E-state index in [-0.39, 0.29) is 5.91 Å². The summed E-state index contributed by atoms with van der Waals surface area (Å²) in [4.78, 5) is 16.3. The zero-order valence-electron chi connectivity index (χ0n) is 12.9. The number of primary amides is 1. The van der Waals surface area contributed by atoms with Crippen molar-refractivity contribution in [3.63, 3.8) is 0 Å². The molecule has 0 aromatic heterocycles. The molecule has 0 aliphatic carbocycles. The molecule has 1 unspecified atom stereocenters. The topological polar surface area (TPSA) is 61.6 Å². The monoisotopic (exact) mass is 278 g/mol. The fraction of sp³-hybridized carbons (Fsp3) is 0.533. The Morgan fingerprint density at radius 1 is 1.20 bits per heavy atom. The van der Waals surface area contributed by atoms with E-state index in [0.29, 0.717) is 6.54 Å². The van der Waals surface area contributed by atoms with Crippen molar-refractivity contribution in [2.24, 2.45) is 5.73 Å². The number of likely N-dealkylation sites (N-methyl/N-ethyl adjacent to an activating group) is 3. The van der Waals surface area contributed by atoms with Crippen LogP contribution >= 0.6 is 0 Å². The highest BCUT2D eigenvalue weighted by atomic mass is 16.1. The molecule has 0 heterocycles. The van der Waals surface area contributed by atoms with Crippen molar-refractivity contribution >= 4 is 5.91 Å². The van der Waals surface area contributed by atoms with Crippen LogP contribution in [0.4, 0.5) is 0 Å². The summed E-state index contributed by atoms with van der Waals surface area (Å²) in [6, 6.07) is 9.64. The van der Waals surface area contributed by atoms with Gasteiger partial charge in [0, 0.05) is 19.6 Å². The molecule has 1 rings (SSSR count). The van der Waals surface area contributed by atoms with Crippen LogP contribution in [0.3, 0.4) is 0 Å². The Labute approximate surface area is 121 Å². The normalized spacial score (nSPS) is 14.5. The number of nitrogens with two attached hydrogens (primary N) is 1. The zero-order valence-corrected chi connectivity index (χ0v) is 12.9. The number of carbonyl (C=O) groups excluding carboxylic acids is 1. The number of nitrogens with one attached hydrogen (secondary N) is 1. The molecule has 0 fully saturated rings. The highest BCUT2D eigenvalue weighted by Crippen LogP contribution is 2.21. The Morgan fingerprint density at radius 3 is 2.25 bits per heavy atom. The number of benzene rings is 1. The lowest BCUT2D eigenvalue weighted by atomic mass is 9.88. The molecular weight excluding hydrogens is 252 g/mol. The molecule has 0 saturated carbocycles. The van der Waals surface area contributed by atoms with Gasteiger partial charge in [-0.1, -0.05) is 30.3 Å². The molecule has 0 saturated heterocycles. The predicted octanol–water partition coefficient (Wildman–Crippen LogP) is 0.0800. The first kappa shape index (κ1) is 16.6. The molecule has 0 spiro atoms. The highest BCUT2D eigenvalue weighted by Gasteiger charge is 2.37. The lowest BCUT2D eigenvalue weighted by Gasteiger charge is -2.35. The summed E-state index contributed by atoms with van der Waals surface area (Å²) in [6.45, 7) is 2.34. The third kappa shape index (κ3) is 4.03. The Kier molecular flexibility index (Phi) is 6.13. The fourth-order valence-corrected chi connectivity index (χ4v) is 2.24. The molecule has 1 aromatic carbocycles. The summed E-state index contributed by atoms with van der Waals surface area (Å²) < 4.78 is 0. The first-order valence-corrected chi connectivity index (χ1v) is 6.80. The van der Waals surface area contributed by atoms with E-state index < -0.39 is 5.54 Å². The average molecular weight is 278 g/mol. The molecule has 1 atom stereocenters. The number of rotatable bonds is 8. The van der Waals surface area contributed by atoms with Gasteiger partial charge in [-0.2, -0.15) is 0 Å². The summed E-state index contributed by atoms with van der Waals surface area (Å²) in [5.74, 6) is -0.358. The van der Waals surface area contributed by atoms with E-state index in [4.69, 9.17) is 5.73 Å². The van der Waals surface area contributed by atoms with Crippen LogP contribution in [0.2, 0.25) is 0 Å². The average Bonchev–Trinajstić information content (AvgIpc) is 2.43. The summed E-state index contributed by atoms with van der Waals surface area (Å²) >= 11 is 0. The van der Waals surface area contributed by atoms with E-state index in [1.807, 2.05) is 51.5 Å². The third-order valence-electron chi connectivity index (χ3n) is 3.55. The number of hydrogen-bond donors (Lipinski definition) is 2. The molecule has 5 nitrogen and oxygen atoms in total. The van der Waals surface area contributed by atoms with Crippen LogP contribution in [0.25, 0.3) is 0 Å². The SMILES string of the molecule is CNC(CN(C)CCN(C)C)(C(N)=O)c1ccccc1. The largest absolute Gasteiger partial charge is 0.368 e. The van der Waals surface area contributed by atoms with Crippen molar-refractivity contribution < 1.29 is 4.79 Å². The van der Waals surface area contributed by atoms with Crippen molar-refractivity contribution in [1.29, 1.82) is 0 Å². The second-order valence-electron chi connectivity index (χ2n) is 5.43. The van der Waals surface area contributed by atoms with Gasteiger partial charge >= 0.3 is 0 Å². The van der Waals surface area contributed by atoms with Gasteiger partial charge in [0.25, 0.3) is 0 Å². The van der Waals surface area contributed by atoms with Gasteiger partial charge in [-0.25, -0.2) is 0 Å². The van der Waals surface area contributed by atoms with E-state index in [2.05, 4.69) is 15.1 Å². The minimum atomic E-state index is -0.859. The van der Waals surface area contributed by atoms with E-state index in [1.165, 1.54) is 0 Å². The van der Waals surface area contributed by atoms with Crippen LogP contribution in [0.1, 0.15) is 5.56 Å². The number of amides is 1. The first-order valence-electron chi connectivity index (χ1n) is 6.80. The number of carbonyl (C=O) groups is 1. The van der Waals surface area contributed by atoms with E-state index >= 15 is 0 Å². The smallest absolute Gasteiger partial charge is 0.243 e. The van der Waals surface area contributed by atoms with Gasteiger partial charge in [0.1, 0.15) is 5.54 Å². The molecule has 0 bridgehead atoms. The Bertz CT molecular complexity index is 421. The summed E-state index contributed by atoms with van der Waals surface area (Å²) in [7, 11) is 7.84. The maximum atomic E-state index is 12.0. The Morgan fingerprint density at radius 2 is 1.80 bits per heavy atom. The molecular formula is C15H26N4O. The second kappa shape index (κ2) is 7.38. The molecule has 5 heteroatoms. The van der Waals surface area contributed by atoms with Crippen LogP contribution in [0.5, 0.6) is 0 Å². The molecule has 0 radical (unpaired) electrons. The molecule has 0 aliphatic rings. The van der Waals surface area contributed by atoms with E-state index in [1.54, 1.807) is 7.05 Å². The van der Waals surface area contributed by atoms with Gasteiger partial charge < -0.3 is 20.9 Å². The second-order valence-corrected chi connectivity index (χ2v) is 5.43. The lowest BCUT2D eigenvalue weighted by molar-refractivity contribution is -0.125. The molecule has 1 aromatic rings. The summed E-state index contributed by atoms with van der Waals surface area (Å²) in [6.07, 6.45) is 0. The predicted molar refractivity (Wildman–Crippen MR) is 82.4 cm³/mol. The van der Waals surface area contributed by atoms with Crippen LogP contribution in [0, 0.1) is 0 Å². The maximum Gasteiger partial charge on any atom is 0.243 e. The summed E-state index contributed by atoms with van der Waals surface area (Å²) in [5, 5.41) is 3.12. The summed E-state index contributed by atoms with van der Waals surface area (Å²) in [5.41, 5.74) is 5.72. The van der Waals surface area contributed by atoms with Crippen molar-refractivity contribution in [3.8, 4) is 0 Å². The zero-order chi connectivity index (χ0) is 15.2. The standard InChI is InChI=1S/C15H26N4O/c1-17-15(14(16)20,13-8-6-5-7-9-13)12-19(4)11-10-18(2)3/h5-9,17H,10-12H2,1-4H3,(H2,16,20).